The van der Waals surface area contributed by atoms with Gasteiger partial charge < -0.3 is 15.0 Å². The van der Waals surface area contributed by atoms with Crippen molar-refractivity contribution in [3.8, 4) is 17.1 Å². The monoisotopic (exact) mass is 400 g/mol. The van der Waals surface area contributed by atoms with Crippen molar-refractivity contribution < 1.29 is 4.74 Å². The Hall–Kier alpha value is -3.01. The number of fused-ring (bicyclic) bond motifs is 1. The maximum Gasteiger partial charge on any atom is 0.240 e. The molecule has 4 aromatic rings. The second kappa shape index (κ2) is 6.85. The first-order valence-corrected chi connectivity index (χ1v) is 8.29. The number of nitrogens with one attached hydrogen (secondary N) is 3. The van der Waals surface area contributed by atoms with Crippen LogP contribution < -0.4 is 10.1 Å². The molecule has 0 saturated carbocycles. The van der Waals surface area contributed by atoms with Gasteiger partial charge in [-0.2, -0.15) is 0 Å². The Morgan fingerprint density at radius 3 is 2.88 bits per heavy atom. The summed E-state index contributed by atoms with van der Waals surface area (Å²) in [5, 5.41) is 16.3. The molecule has 25 heavy (non-hydrogen) atoms. The number of ether oxygens (including phenoxy) is 1. The molecule has 0 spiro atoms. The van der Waals surface area contributed by atoms with Crippen molar-refractivity contribution in [2.24, 2.45) is 0 Å². The lowest BCUT2D eigenvalue weighted by Gasteiger charge is -2.06. The van der Waals surface area contributed by atoms with E-state index in [1.165, 1.54) is 0 Å². The van der Waals surface area contributed by atoms with Gasteiger partial charge in [0.1, 0.15) is 23.7 Å². The molecule has 3 N–H and O–H groups in total. The van der Waals surface area contributed by atoms with Crippen molar-refractivity contribution in [3.05, 3.63) is 41.0 Å². The molecule has 0 amide bonds. The van der Waals surface area contributed by atoms with Gasteiger partial charge in [-0.1, -0.05) is 5.10 Å². The summed E-state index contributed by atoms with van der Waals surface area (Å²) in [4.78, 5) is 12.1. The minimum atomic E-state index is 0.489. The highest BCUT2D eigenvalue weighted by atomic mass is 79.9. The number of hydrogen-bond acceptors (Lipinski definition) is 7. The number of benzene rings is 1. The average Bonchev–Trinajstić information content (AvgIpc) is 3.28. The molecule has 0 fully saturated rings. The third kappa shape index (κ3) is 3.58. The lowest BCUT2D eigenvalue weighted by Crippen LogP contribution is -2.12. The van der Waals surface area contributed by atoms with E-state index in [1.54, 1.807) is 6.20 Å². The number of rotatable bonds is 6. The number of H-pyrrole nitrogens is 2. The molecule has 3 heterocycles. The lowest BCUT2D eigenvalue weighted by molar-refractivity contribution is 0.332. The Labute approximate surface area is 150 Å². The standard InChI is InChI=1S/C15H13BrN8O/c16-10-7-12-14(18-8-10)20-13(19-12)9-1-3-11(4-2-9)25-6-5-17-15-21-23-24-22-15/h1-4,7-8H,5-6H2,(H,18,19,20)(H2,17,21,22,23,24). The van der Waals surface area contributed by atoms with Gasteiger partial charge in [0, 0.05) is 16.2 Å². The average molecular weight is 401 g/mol. The smallest absolute Gasteiger partial charge is 0.240 e. The number of aromatic amines is 2. The first kappa shape index (κ1) is 15.5. The van der Waals surface area contributed by atoms with Gasteiger partial charge in [-0.15, -0.1) is 0 Å². The highest BCUT2D eigenvalue weighted by molar-refractivity contribution is 9.10. The number of tetrazole rings is 1. The van der Waals surface area contributed by atoms with Crippen LogP contribution in [-0.4, -0.2) is 48.7 Å². The van der Waals surface area contributed by atoms with Crippen LogP contribution in [0.2, 0.25) is 0 Å². The molecule has 9 nitrogen and oxygen atoms in total. The van der Waals surface area contributed by atoms with Gasteiger partial charge in [0.2, 0.25) is 5.95 Å². The highest BCUT2D eigenvalue weighted by Gasteiger charge is 2.07. The first-order valence-electron chi connectivity index (χ1n) is 7.50. The lowest BCUT2D eigenvalue weighted by atomic mass is 10.2. The Morgan fingerprint density at radius 2 is 2.08 bits per heavy atom. The minimum absolute atomic E-state index is 0.489. The molecule has 0 aliphatic carbocycles. The van der Waals surface area contributed by atoms with E-state index in [0.29, 0.717) is 19.1 Å². The molecule has 10 heteroatoms. The summed E-state index contributed by atoms with van der Waals surface area (Å²) in [6, 6.07) is 9.65. The Kier molecular flexibility index (Phi) is 4.25. The van der Waals surface area contributed by atoms with Crippen LogP contribution in [0.3, 0.4) is 0 Å². The zero-order valence-electron chi connectivity index (χ0n) is 12.9. The second-order valence-electron chi connectivity index (χ2n) is 5.16. The van der Waals surface area contributed by atoms with Gasteiger partial charge in [-0.25, -0.2) is 15.1 Å². The molecule has 0 aliphatic heterocycles. The topological polar surface area (TPSA) is 117 Å². The first-order chi connectivity index (χ1) is 12.3. The summed E-state index contributed by atoms with van der Waals surface area (Å²) >= 11 is 3.40. The van der Waals surface area contributed by atoms with Crippen molar-refractivity contribution in [2.45, 2.75) is 0 Å². The van der Waals surface area contributed by atoms with Crippen molar-refractivity contribution >= 4 is 33.0 Å². The van der Waals surface area contributed by atoms with Crippen molar-refractivity contribution in [2.75, 3.05) is 18.5 Å². The Bertz CT molecular complexity index is 967. The molecule has 0 saturated heterocycles. The molecular weight excluding hydrogens is 388 g/mol. The zero-order chi connectivity index (χ0) is 17.1. The van der Waals surface area contributed by atoms with Crippen LogP contribution in [0.4, 0.5) is 5.95 Å². The number of nitrogens with zero attached hydrogens (tertiary/aromatic N) is 5. The van der Waals surface area contributed by atoms with E-state index in [-0.39, 0.29) is 0 Å². The third-order valence-electron chi connectivity index (χ3n) is 3.44. The van der Waals surface area contributed by atoms with E-state index >= 15 is 0 Å². The van der Waals surface area contributed by atoms with Crippen LogP contribution in [-0.2, 0) is 0 Å². The van der Waals surface area contributed by atoms with Crippen LogP contribution in [0.15, 0.2) is 41.0 Å². The molecule has 0 radical (unpaired) electrons. The Morgan fingerprint density at radius 1 is 1.20 bits per heavy atom. The molecule has 0 unspecified atom stereocenters. The third-order valence-corrected chi connectivity index (χ3v) is 3.87. The van der Waals surface area contributed by atoms with E-state index in [4.69, 9.17) is 4.74 Å². The largest absolute Gasteiger partial charge is 0.492 e. The minimum Gasteiger partial charge on any atom is -0.492 e. The zero-order valence-corrected chi connectivity index (χ0v) is 14.5. The molecule has 0 bridgehead atoms. The van der Waals surface area contributed by atoms with Gasteiger partial charge in [0.25, 0.3) is 0 Å². The fraction of sp³-hybridized carbons (Fsp3) is 0.133. The number of anilines is 1. The van der Waals surface area contributed by atoms with E-state index in [1.807, 2.05) is 30.3 Å². The fourth-order valence-electron chi connectivity index (χ4n) is 2.29. The van der Waals surface area contributed by atoms with Crippen LogP contribution in [0.25, 0.3) is 22.6 Å². The molecule has 0 atom stereocenters. The van der Waals surface area contributed by atoms with E-state index in [9.17, 15) is 0 Å². The number of imidazole rings is 1. The van der Waals surface area contributed by atoms with E-state index < -0.39 is 0 Å². The molecule has 4 rings (SSSR count). The van der Waals surface area contributed by atoms with Crippen molar-refractivity contribution in [1.82, 2.24) is 35.6 Å². The summed E-state index contributed by atoms with van der Waals surface area (Å²) in [5.74, 6) is 2.06. The van der Waals surface area contributed by atoms with Crippen LogP contribution >= 0.6 is 15.9 Å². The van der Waals surface area contributed by atoms with Gasteiger partial charge in [0.15, 0.2) is 5.65 Å². The summed E-state index contributed by atoms with van der Waals surface area (Å²) in [7, 11) is 0. The molecule has 1 aromatic carbocycles. The van der Waals surface area contributed by atoms with Gasteiger partial charge in [-0.3, -0.25) is 0 Å². The van der Waals surface area contributed by atoms with Gasteiger partial charge >= 0.3 is 0 Å². The summed E-state index contributed by atoms with van der Waals surface area (Å²) in [6.45, 7) is 1.07. The maximum atomic E-state index is 5.68. The molecule has 0 aliphatic rings. The predicted octanol–water partition coefficient (Wildman–Crippen LogP) is 2.39. The Balaban J connectivity index is 1.38. The number of halogens is 1. The highest BCUT2D eigenvalue weighted by Crippen LogP contribution is 2.23. The fourth-order valence-corrected chi connectivity index (χ4v) is 2.61. The second-order valence-corrected chi connectivity index (χ2v) is 6.07. The van der Waals surface area contributed by atoms with Gasteiger partial charge in [0.05, 0.1) is 6.54 Å². The summed E-state index contributed by atoms with van der Waals surface area (Å²) < 4.78 is 6.58. The SMILES string of the molecule is Brc1cnc2[nH]c(-c3ccc(OCCNc4nnn[nH]4)cc3)nc2c1. The van der Waals surface area contributed by atoms with Crippen molar-refractivity contribution in [3.63, 3.8) is 0 Å². The molecule has 3 aromatic heterocycles. The van der Waals surface area contributed by atoms with Crippen LogP contribution in [0.1, 0.15) is 0 Å². The van der Waals surface area contributed by atoms with E-state index in [2.05, 4.69) is 56.8 Å². The quantitative estimate of drug-likeness (QED) is 0.425. The van der Waals surface area contributed by atoms with Crippen molar-refractivity contribution in [1.29, 1.82) is 0 Å². The van der Waals surface area contributed by atoms with Crippen LogP contribution in [0.5, 0.6) is 5.75 Å². The predicted molar refractivity (Wildman–Crippen MR) is 95.2 cm³/mol. The number of hydrogen-bond donors (Lipinski definition) is 3. The molecule has 126 valence electrons. The normalized spacial score (nSPS) is 10.9. The van der Waals surface area contributed by atoms with Crippen LogP contribution in [0, 0.1) is 0 Å². The molecular formula is C15H13BrN8O. The summed E-state index contributed by atoms with van der Waals surface area (Å²) in [5.41, 5.74) is 2.54. The number of aromatic nitrogens is 7. The number of pyridine rings is 1. The van der Waals surface area contributed by atoms with Gasteiger partial charge in [-0.05, 0) is 56.7 Å². The van der Waals surface area contributed by atoms with E-state index in [0.717, 1.165) is 32.8 Å². The maximum absolute atomic E-state index is 5.68. The summed E-state index contributed by atoms with van der Waals surface area (Å²) in [6.07, 6.45) is 1.74.